The first-order chi connectivity index (χ1) is 17.6. The van der Waals surface area contributed by atoms with Crippen molar-refractivity contribution in [2.75, 3.05) is 5.32 Å². The summed E-state index contributed by atoms with van der Waals surface area (Å²) in [6, 6.07) is 8.30. The largest absolute Gasteiger partial charge is 0.573 e. The third kappa shape index (κ3) is 5.54. The molecule has 1 fully saturated rings. The number of nitrogens with one attached hydrogen (secondary N) is 1. The van der Waals surface area contributed by atoms with Crippen LogP contribution in [-0.2, 0) is 6.54 Å². The summed E-state index contributed by atoms with van der Waals surface area (Å²) in [6.45, 7) is 4.10. The van der Waals surface area contributed by atoms with Crippen molar-refractivity contribution in [1.29, 1.82) is 0 Å². The van der Waals surface area contributed by atoms with Gasteiger partial charge in [0.05, 0.1) is 11.4 Å². The van der Waals surface area contributed by atoms with Gasteiger partial charge in [-0.1, -0.05) is 0 Å². The molecule has 1 N–H and O–H groups in total. The smallest absolute Gasteiger partial charge is 0.406 e. The van der Waals surface area contributed by atoms with Gasteiger partial charge in [0.25, 0.3) is 6.43 Å². The monoisotopic (exact) mass is 519 g/mol. The fourth-order valence-corrected chi connectivity index (χ4v) is 3.99. The van der Waals surface area contributed by atoms with Crippen LogP contribution in [0.2, 0.25) is 0 Å². The number of anilines is 2. The van der Waals surface area contributed by atoms with Gasteiger partial charge in [-0.15, -0.1) is 13.2 Å². The fraction of sp³-hybridized carbons (Fsp3) is 0.333. The molecule has 1 saturated carbocycles. The van der Waals surface area contributed by atoms with Gasteiger partial charge in [0.15, 0.2) is 5.82 Å². The molecule has 0 unspecified atom stereocenters. The average Bonchev–Trinajstić information content (AvgIpc) is 3.49. The Morgan fingerprint density at radius 3 is 2.43 bits per heavy atom. The number of ether oxygens (including phenoxy) is 1. The predicted octanol–water partition coefficient (Wildman–Crippen LogP) is 6.13. The minimum Gasteiger partial charge on any atom is -0.406 e. The molecule has 3 aromatic heterocycles. The summed E-state index contributed by atoms with van der Waals surface area (Å²) in [5, 5.41) is 12.1. The second-order valence-corrected chi connectivity index (χ2v) is 8.83. The van der Waals surface area contributed by atoms with Crippen LogP contribution in [0.1, 0.15) is 36.2 Å². The van der Waals surface area contributed by atoms with Crippen LogP contribution in [0.15, 0.2) is 42.7 Å². The van der Waals surface area contributed by atoms with Crippen LogP contribution in [0.4, 0.5) is 33.6 Å². The molecule has 5 rings (SSSR count). The van der Waals surface area contributed by atoms with Crippen molar-refractivity contribution in [1.82, 2.24) is 29.5 Å². The van der Waals surface area contributed by atoms with Crippen molar-refractivity contribution in [3.05, 3.63) is 59.7 Å². The third-order valence-electron chi connectivity index (χ3n) is 5.88. The summed E-state index contributed by atoms with van der Waals surface area (Å²) in [4.78, 5) is 8.33. The lowest BCUT2D eigenvalue weighted by atomic mass is 10.1. The first kappa shape index (κ1) is 24.7. The van der Waals surface area contributed by atoms with Crippen LogP contribution in [0.25, 0.3) is 17.1 Å². The lowest BCUT2D eigenvalue weighted by Crippen LogP contribution is -2.16. The van der Waals surface area contributed by atoms with Crippen LogP contribution in [0, 0.1) is 19.8 Å². The summed E-state index contributed by atoms with van der Waals surface area (Å²) in [7, 11) is 0. The van der Waals surface area contributed by atoms with Crippen LogP contribution < -0.4 is 10.1 Å². The zero-order valence-electron chi connectivity index (χ0n) is 19.8. The lowest BCUT2D eigenvalue weighted by molar-refractivity contribution is -0.274. The number of hydrogen-bond acceptors (Lipinski definition) is 6. The highest BCUT2D eigenvalue weighted by Gasteiger charge is 2.31. The highest BCUT2D eigenvalue weighted by molar-refractivity contribution is 5.71. The van der Waals surface area contributed by atoms with Crippen LogP contribution >= 0.6 is 0 Å². The van der Waals surface area contributed by atoms with E-state index in [1.807, 2.05) is 6.92 Å². The number of alkyl halides is 5. The minimum absolute atomic E-state index is 0.173. The molecule has 0 saturated heterocycles. The van der Waals surface area contributed by atoms with E-state index in [4.69, 9.17) is 5.10 Å². The number of hydrogen-bond donors (Lipinski definition) is 1. The predicted molar refractivity (Wildman–Crippen MR) is 124 cm³/mol. The zero-order chi connectivity index (χ0) is 26.3. The Kier molecular flexibility index (Phi) is 6.30. The number of rotatable bonds is 8. The van der Waals surface area contributed by atoms with Gasteiger partial charge in [0.2, 0.25) is 0 Å². The van der Waals surface area contributed by atoms with E-state index in [1.54, 1.807) is 11.6 Å². The van der Waals surface area contributed by atoms with Crippen LogP contribution in [0.3, 0.4) is 0 Å². The summed E-state index contributed by atoms with van der Waals surface area (Å²) in [5.41, 5.74) is 2.09. The SMILES string of the molecule is Cc1cc(C(F)F)n(-c2cc(Nc3c(C)c(-c4ccc(OC(F)(F)F)cc4)nn3CC3CC3)ncn2)n1. The highest BCUT2D eigenvalue weighted by atomic mass is 19.4. The van der Waals surface area contributed by atoms with E-state index < -0.39 is 12.8 Å². The van der Waals surface area contributed by atoms with Crippen molar-refractivity contribution in [2.24, 2.45) is 5.92 Å². The van der Waals surface area contributed by atoms with Crippen molar-refractivity contribution in [3.63, 3.8) is 0 Å². The van der Waals surface area contributed by atoms with E-state index in [0.717, 1.165) is 23.1 Å². The van der Waals surface area contributed by atoms with E-state index >= 15 is 0 Å². The maximum absolute atomic E-state index is 13.5. The Morgan fingerprint density at radius 2 is 1.78 bits per heavy atom. The maximum atomic E-state index is 13.5. The normalized spacial score (nSPS) is 13.8. The number of benzene rings is 1. The standard InChI is InChI=1S/C24H22F5N7O/c1-13-9-18(22(25)26)36(33-13)20-10-19(30-12-31-20)32-23-14(2)21(34-35(23)11-15-3-4-15)16-5-7-17(8-6-16)37-24(27,28)29/h5-10,12,15,22H,3-4,11H2,1-2H3,(H,30,31,32). The molecule has 13 heteroatoms. The molecule has 1 aromatic carbocycles. The van der Waals surface area contributed by atoms with Crippen molar-refractivity contribution in [2.45, 2.75) is 46.0 Å². The van der Waals surface area contributed by atoms with Gasteiger partial charge < -0.3 is 10.1 Å². The highest BCUT2D eigenvalue weighted by Crippen LogP contribution is 2.36. The minimum atomic E-state index is -4.78. The Hall–Kier alpha value is -4.03. The third-order valence-corrected chi connectivity index (χ3v) is 5.88. The second kappa shape index (κ2) is 9.45. The van der Waals surface area contributed by atoms with Gasteiger partial charge in [-0.2, -0.15) is 10.2 Å². The van der Waals surface area contributed by atoms with Gasteiger partial charge in [0.1, 0.15) is 29.4 Å². The molecule has 8 nitrogen and oxygen atoms in total. The van der Waals surface area contributed by atoms with E-state index in [2.05, 4.69) is 25.1 Å². The molecule has 0 atom stereocenters. The van der Waals surface area contributed by atoms with Gasteiger partial charge in [-0.3, -0.25) is 0 Å². The maximum Gasteiger partial charge on any atom is 0.573 e. The second-order valence-electron chi connectivity index (χ2n) is 8.83. The molecule has 0 aliphatic heterocycles. The summed E-state index contributed by atoms with van der Waals surface area (Å²) in [6.07, 6.45) is -4.11. The van der Waals surface area contributed by atoms with Crippen molar-refractivity contribution >= 4 is 11.6 Å². The van der Waals surface area contributed by atoms with Crippen molar-refractivity contribution in [3.8, 4) is 22.8 Å². The fourth-order valence-electron chi connectivity index (χ4n) is 3.99. The molecule has 3 heterocycles. The number of halogens is 5. The molecule has 4 aromatic rings. The molecule has 194 valence electrons. The van der Waals surface area contributed by atoms with Crippen LogP contribution in [-0.4, -0.2) is 35.9 Å². The molecule has 0 amide bonds. The van der Waals surface area contributed by atoms with Gasteiger partial charge >= 0.3 is 6.36 Å². The van der Waals surface area contributed by atoms with Gasteiger partial charge in [-0.05, 0) is 62.9 Å². The summed E-state index contributed by atoms with van der Waals surface area (Å²) < 4.78 is 71.4. The molecule has 37 heavy (non-hydrogen) atoms. The zero-order valence-corrected chi connectivity index (χ0v) is 19.8. The van der Waals surface area contributed by atoms with Gasteiger partial charge in [0, 0.05) is 23.7 Å². The number of aromatic nitrogens is 6. The average molecular weight is 519 g/mol. The van der Waals surface area contributed by atoms with E-state index in [9.17, 15) is 22.0 Å². The Balaban J connectivity index is 1.47. The lowest BCUT2D eigenvalue weighted by Gasteiger charge is -2.11. The quantitative estimate of drug-likeness (QED) is 0.282. The molecule has 1 aliphatic carbocycles. The topological polar surface area (TPSA) is 82.7 Å². The van der Waals surface area contributed by atoms with Gasteiger partial charge in [-0.25, -0.2) is 28.1 Å². The van der Waals surface area contributed by atoms with E-state index in [0.29, 0.717) is 41.0 Å². The molecule has 1 aliphatic rings. The first-order valence-electron chi connectivity index (χ1n) is 11.4. The summed E-state index contributed by atoms with van der Waals surface area (Å²) in [5.74, 6) is 1.30. The molecule has 0 bridgehead atoms. The summed E-state index contributed by atoms with van der Waals surface area (Å²) >= 11 is 0. The molecule has 0 spiro atoms. The Morgan fingerprint density at radius 1 is 1.05 bits per heavy atom. The van der Waals surface area contributed by atoms with Crippen molar-refractivity contribution < 1.29 is 26.7 Å². The van der Waals surface area contributed by atoms with Crippen LogP contribution in [0.5, 0.6) is 5.75 Å². The molecule has 0 radical (unpaired) electrons. The molecular formula is C24H22F5N7O. The number of aryl methyl sites for hydroxylation is 1. The Bertz CT molecular complexity index is 1410. The molecular weight excluding hydrogens is 497 g/mol. The first-order valence-corrected chi connectivity index (χ1v) is 11.4. The van der Waals surface area contributed by atoms with E-state index in [-0.39, 0.29) is 17.3 Å². The Labute approximate surface area is 208 Å². The number of nitrogens with zero attached hydrogens (tertiary/aromatic N) is 6. The van der Waals surface area contributed by atoms with E-state index in [1.165, 1.54) is 42.7 Å².